The summed E-state index contributed by atoms with van der Waals surface area (Å²) >= 11 is 0. The van der Waals surface area contributed by atoms with Gasteiger partial charge in [0.25, 0.3) is 0 Å². The van der Waals surface area contributed by atoms with Gasteiger partial charge in [0.1, 0.15) is 0 Å². The van der Waals surface area contributed by atoms with Gasteiger partial charge in [-0.05, 0) is 39.2 Å². The Kier molecular flexibility index (Phi) is 5.14. The Morgan fingerprint density at radius 1 is 1.14 bits per heavy atom. The second kappa shape index (κ2) is 7.07. The first kappa shape index (κ1) is 15.3. The SMILES string of the molecule is CCOc1ccnc(NC(C)(C)CCc2ccccc2)n1. The number of rotatable bonds is 7. The lowest BCUT2D eigenvalue weighted by Gasteiger charge is -2.26. The molecule has 0 aliphatic rings. The van der Waals surface area contributed by atoms with Crippen molar-refractivity contribution in [1.29, 1.82) is 0 Å². The molecule has 2 rings (SSSR count). The monoisotopic (exact) mass is 285 g/mol. The van der Waals surface area contributed by atoms with Crippen LogP contribution in [0.25, 0.3) is 0 Å². The van der Waals surface area contributed by atoms with Crippen molar-refractivity contribution in [2.75, 3.05) is 11.9 Å². The molecule has 0 fully saturated rings. The predicted molar refractivity (Wildman–Crippen MR) is 85.7 cm³/mol. The van der Waals surface area contributed by atoms with Crippen LogP contribution in [0.1, 0.15) is 32.8 Å². The molecule has 0 aliphatic carbocycles. The molecule has 1 aromatic heterocycles. The topological polar surface area (TPSA) is 47.0 Å². The van der Waals surface area contributed by atoms with Crippen molar-refractivity contribution < 1.29 is 4.74 Å². The highest BCUT2D eigenvalue weighted by atomic mass is 16.5. The summed E-state index contributed by atoms with van der Waals surface area (Å²) in [6, 6.07) is 12.3. The number of ether oxygens (including phenoxy) is 1. The smallest absolute Gasteiger partial charge is 0.226 e. The minimum absolute atomic E-state index is 0.0827. The molecule has 1 heterocycles. The molecule has 112 valence electrons. The first-order valence-corrected chi connectivity index (χ1v) is 7.37. The standard InChI is InChI=1S/C17H23N3O/c1-4-21-15-11-13-18-16(19-15)20-17(2,3)12-10-14-8-6-5-7-9-14/h5-9,11,13H,4,10,12H2,1-3H3,(H,18,19,20). The fourth-order valence-electron chi connectivity index (χ4n) is 2.10. The first-order chi connectivity index (χ1) is 10.1. The minimum atomic E-state index is -0.0827. The Hall–Kier alpha value is -2.10. The zero-order valence-electron chi connectivity index (χ0n) is 13.0. The molecule has 0 amide bonds. The quantitative estimate of drug-likeness (QED) is 0.842. The molecule has 1 N–H and O–H groups in total. The fraction of sp³-hybridized carbons (Fsp3) is 0.412. The van der Waals surface area contributed by atoms with Gasteiger partial charge in [-0.25, -0.2) is 4.98 Å². The van der Waals surface area contributed by atoms with Crippen LogP contribution in [-0.4, -0.2) is 22.1 Å². The number of hydrogen-bond acceptors (Lipinski definition) is 4. The van der Waals surface area contributed by atoms with Gasteiger partial charge in [0.05, 0.1) is 6.61 Å². The lowest BCUT2D eigenvalue weighted by atomic mass is 9.95. The first-order valence-electron chi connectivity index (χ1n) is 7.37. The lowest BCUT2D eigenvalue weighted by molar-refractivity contribution is 0.326. The van der Waals surface area contributed by atoms with E-state index in [4.69, 9.17) is 4.74 Å². The maximum absolute atomic E-state index is 5.40. The van der Waals surface area contributed by atoms with E-state index in [0.717, 1.165) is 12.8 Å². The molecule has 2 aromatic rings. The van der Waals surface area contributed by atoms with Crippen molar-refractivity contribution in [3.63, 3.8) is 0 Å². The van der Waals surface area contributed by atoms with Gasteiger partial charge in [-0.2, -0.15) is 4.98 Å². The number of aryl methyl sites for hydroxylation is 1. The van der Waals surface area contributed by atoms with Crippen molar-refractivity contribution in [3.05, 3.63) is 48.2 Å². The van der Waals surface area contributed by atoms with Gasteiger partial charge in [0.15, 0.2) is 0 Å². The number of aromatic nitrogens is 2. The molecule has 0 unspecified atom stereocenters. The number of nitrogens with zero attached hydrogens (tertiary/aromatic N) is 2. The maximum Gasteiger partial charge on any atom is 0.226 e. The van der Waals surface area contributed by atoms with Gasteiger partial charge in [-0.15, -0.1) is 0 Å². The average Bonchev–Trinajstić information content (AvgIpc) is 2.47. The van der Waals surface area contributed by atoms with E-state index in [9.17, 15) is 0 Å². The second-order valence-electron chi connectivity index (χ2n) is 5.65. The zero-order chi connectivity index (χ0) is 15.1. The minimum Gasteiger partial charge on any atom is -0.478 e. The highest BCUT2D eigenvalue weighted by Crippen LogP contribution is 2.19. The summed E-state index contributed by atoms with van der Waals surface area (Å²) in [5.41, 5.74) is 1.26. The highest BCUT2D eigenvalue weighted by molar-refractivity contribution is 5.31. The van der Waals surface area contributed by atoms with E-state index in [1.165, 1.54) is 5.56 Å². The van der Waals surface area contributed by atoms with Crippen LogP contribution in [0, 0.1) is 0 Å². The average molecular weight is 285 g/mol. The fourth-order valence-corrected chi connectivity index (χ4v) is 2.10. The van der Waals surface area contributed by atoms with Crippen molar-refractivity contribution in [3.8, 4) is 5.88 Å². The lowest BCUT2D eigenvalue weighted by Crippen LogP contribution is -2.32. The maximum atomic E-state index is 5.40. The Morgan fingerprint density at radius 2 is 1.90 bits per heavy atom. The number of nitrogens with one attached hydrogen (secondary N) is 1. The van der Waals surface area contributed by atoms with E-state index < -0.39 is 0 Å². The summed E-state index contributed by atoms with van der Waals surface area (Å²) < 4.78 is 5.40. The van der Waals surface area contributed by atoms with E-state index in [2.05, 4.69) is 53.4 Å². The molecule has 0 radical (unpaired) electrons. The third-order valence-corrected chi connectivity index (χ3v) is 3.25. The van der Waals surface area contributed by atoms with E-state index in [1.807, 2.05) is 13.0 Å². The van der Waals surface area contributed by atoms with Crippen LogP contribution < -0.4 is 10.1 Å². The van der Waals surface area contributed by atoms with E-state index in [1.54, 1.807) is 12.3 Å². The van der Waals surface area contributed by atoms with Gasteiger partial charge in [-0.3, -0.25) is 0 Å². The van der Waals surface area contributed by atoms with Gasteiger partial charge in [0, 0.05) is 17.8 Å². The van der Waals surface area contributed by atoms with Crippen molar-refractivity contribution >= 4 is 5.95 Å². The largest absolute Gasteiger partial charge is 0.478 e. The van der Waals surface area contributed by atoms with E-state index in [-0.39, 0.29) is 5.54 Å². The summed E-state index contributed by atoms with van der Waals surface area (Å²) in [6.07, 6.45) is 3.73. The summed E-state index contributed by atoms with van der Waals surface area (Å²) in [5, 5.41) is 3.39. The Labute approximate surface area is 126 Å². The van der Waals surface area contributed by atoms with Crippen LogP contribution in [-0.2, 0) is 6.42 Å². The summed E-state index contributed by atoms with van der Waals surface area (Å²) in [4.78, 5) is 8.62. The van der Waals surface area contributed by atoms with Gasteiger partial charge in [-0.1, -0.05) is 30.3 Å². The normalized spacial score (nSPS) is 11.2. The van der Waals surface area contributed by atoms with E-state index in [0.29, 0.717) is 18.4 Å². The Morgan fingerprint density at radius 3 is 2.62 bits per heavy atom. The molecular weight excluding hydrogens is 262 g/mol. The third-order valence-electron chi connectivity index (χ3n) is 3.25. The molecule has 21 heavy (non-hydrogen) atoms. The van der Waals surface area contributed by atoms with Crippen LogP contribution in [0.3, 0.4) is 0 Å². The molecule has 0 aliphatic heterocycles. The molecule has 1 aromatic carbocycles. The molecule has 0 saturated carbocycles. The van der Waals surface area contributed by atoms with Crippen LogP contribution in [0.15, 0.2) is 42.6 Å². The molecule has 0 atom stereocenters. The second-order valence-corrected chi connectivity index (χ2v) is 5.65. The summed E-state index contributed by atoms with van der Waals surface area (Å²) in [6.45, 7) is 6.87. The number of anilines is 1. The Bertz CT molecular complexity index is 555. The molecule has 4 heteroatoms. The molecule has 0 saturated heterocycles. The summed E-state index contributed by atoms with van der Waals surface area (Å²) in [7, 11) is 0. The summed E-state index contributed by atoms with van der Waals surface area (Å²) in [5.74, 6) is 1.22. The van der Waals surface area contributed by atoms with E-state index >= 15 is 0 Å². The number of benzene rings is 1. The van der Waals surface area contributed by atoms with Crippen molar-refractivity contribution in [2.45, 2.75) is 39.2 Å². The van der Waals surface area contributed by atoms with Crippen molar-refractivity contribution in [1.82, 2.24) is 9.97 Å². The zero-order valence-corrected chi connectivity index (χ0v) is 13.0. The van der Waals surface area contributed by atoms with Crippen LogP contribution >= 0.6 is 0 Å². The molecule has 0 spiro atoms. The third kappa shape index (κ3) is 5.06. The van der Waals surface area contributed by atoms with Crippen LogP contribution in [0.5, 0.6) is 5.88 Å². The van der Waals surface area contributed by atoms with Gasteiger partial charge >= 0.3 is 0 Å². The van der Waals surface area contributed by atoms with Crippen LogP contribution in [0.4, 0.5) is 5.95 Å². The predicted octanol–water partition coefficient (Wildman–Crippen LogP) is 3.70. The van der Waals surface area contributed by atoms with Gasteiger partial charge in [0.2, 0.25) is 11.8 Å². The molecular formula is C17H23N3O. The Balaban J connectivity index is 1.95. The number of hydrogen-bond donors (Lipinski definition) is 1. The van der Waals surface area contributed by atoms with Crippen LogP contribution in [0.2, 0.25) is 0 Å². The molecule has 0 bridgehead atoms. The molecule has 4 nitrogen and oxygen atoms in total. The van der Waals surface area contributed by atoms with Crippen molar-refractivity contribution in [2.24, 2.45) is 0 Å². The van der Waals surface area contributed by atoms with Gasteiger partial charge < -0.3 is 10.1 Å². The highest BCUT2D eigenvalue weighted by Gasteiger charge is 2.18.